The lowest BCUT2D eigenvalue weighted by molar-refractivity contribution is -0.137. The Morgan fingerprint density at radius 3 is 2.15 bits per heavy atom. The average Bonchev–Trinajstić information content (AvgIpc) is 3.13. The van der Waals surface area contributed by atoms with E-state index in [0.717, 1.165) is 17.7 Å². The van der Waals surface area contributed by atoms with Crippen LogP contribution < -0.4 is 10.7 Å². The van der Waals surface area contributed by atoms with Crippen LogP contribution in [0.1, 0.15) is 23.6 Å². The molecule has 0 saturated heterocycles. The lowest BCUT2D eigenvalue weighted by atomic mass is 9.95. The van der Waals surface area contributed by atoms with Gasteiger partial charge < -0.3 is 5.32 Å². The summed E-state index contributed by atoms with van der Waals surface area (Å²) in [5.74, 6) is 0. The number of carbonyl (C=O) groups is 1. The Balaban J connectivity index is 1.73. The van der Waals surface area contributed by atoms with Crippen molar-refractivity contribution in [3.63, 3.8) is 0 Å². The first kappa shape index (κ1) is 23.0. The second-order valence-corrected chi connectivity index (χ2v) is 8.34. The molecule has 2 amide bonds. The number of hydrogen-bond donors (Lipinski definition) is 2. The summed E-state index contributed by atoms with van der Waals surface area (Å²) in [6.45, 7) is 1.79. The molecule has 4 nitrogen and oxygen atoms in total. The molecule has 2 N–H and O–H groups in total. The summed E-state index contributed by atoms with van der Waals surface area (Å²) in [6, 6.07) is 17.5. The normalized spacial score (nSPS) is 16.1. The van der Waals surface area contributed by atoms with E-state index in [1.807, 2.05) is 0 Å². The van der Waals surface area contributed by atoms with Gasteiger partial charge in [0, 0.05) is 26.9 Å². The van der Waals surface area contributed by atoms with Gasteiger partial charge in [-0.2, -0.15) is 13.2 Å². The summed E-state index contributed by atoms with van der Waals surface area (Å²) in [4.78, 5) is 13.0. The van der Waals surface area contributed by atoms with Crippen molar-refractivity contribution in [1.29, 1.82) is 0 Å². The van der Waals surface area contributed by atoms with Gasteiger partial charge in [0.1, 0.15) is 0 Å². The topological polar surface area (TPSA) is 44.4 Å². The van der Waals surface area contributed by atoms with Crippen LogP contribution in [0, 0.1) is 0 Å². The molecule has 1 atom stereocenters. The third-order valence-electron chi connectivity index (χ3n) is 5.25. The number of hydrazine groups is 1. The van der Waals surface area contributed by atoms with Crippen molar-refractivity contribution >= 4 is 46.2 Å². The summed E-state index contributed by atoms with van der Waals surface area (Å²) >= 11 is 11.9. The molecule has 33 heavy (non-hydrogen) atoms. The minimum absolute atomic E-state index is 0.309. The van der Waals surface area contributed by atoms with Crippen LogP contribution in [0.4, 0.5) is 23.7 Å². The van der Waals surface area contributed by atoms with Crippen molar-refractivity contribution in [2.75, 3.05) is 5.32 Å². The van der Waals surface area contributed by atoms with Crippen molar-refractivity contribution in [2.24, 2.45) is 0 Å². The van der Waals surface area contributed by atoms with Gasteiger partial charge in [-0.25, -0.2) is 9.80 Å². The van der Waals surface area contributed by atoms with Gasteiger partial charge in [0.25, 0.3) is 0 Å². The molecule has 0 saturated carbocycles. The number of nitrogens with zero attached hydrogens (tertiary/aromatic N) is 1. The standard InChI is InChI=1S/C24H18Cl2F3N3O/c1-14-21(15-5-7-18(25)8-6-15)22(16-3-2-4-17(13-16)24(27,28)29)31-32(14)23(33)30-20-11-9-19(26)10-12-20/h2-14,31H,1H3,(H,30,33). The first-order chi connectivity index (χ1) is 15.6. The maximum Gasteiger partial charge on any atom is 0.416 e. The molecule has 3 aromatic carbocycles. The van der Waals surface area contributed by atoms with E-state index in [9.17, 15) is 18.0 Å². The molecule has 0 aromatic heterocycles. The van der Waals surface area contributed by atoms with Crippen LogP contribution in [0.15, 0.2) is 72.8 Å². The Morgan fingerprint density at radius 2 is 1.55 bits per heavy atom. The van der Waals surface area contributed by atoms with E-state index >= 15 is 0 Å². The molecule has 1 aliphatic heterocycles. The zero-order valence-electron chi connectivity index (χ0n) is 17.3. The summed E-state index contributed by atoms with van der Waals surface area (Å²) in [6.07, 6.45) is -4.49. The smallest absolute Gasteiger partial charge is 0.306 e. The number of alkyl halides is 3. The number of amides is 2. The number of hydrogen-bond acceptors (Lipinski definition) is 2. The quantitative estimate of drug-likeness (QED) is 0.403. The SMILES string of the molecule is CC1C(c2ccc(Cl)cc2)=C(c2cccc(C(F)(F)F)c2)NN1C(=O)Nc1ccc(Cl)cc1. The lowest BCUT2D eigenvalue weighted by Gasteiger charge is -2.24. The molecular weight excluding hydrogens is 474 g/mol. The molecule has 1 aliphatic rings. The summed E-state index contributed by atoms with van der Waals surface area (Å²) < 4.78 is 40.0. The summed E-state index contributed by atoms with van der Waals surface area (Å²) in [5, 5.41) is 5.16. The fourth-order valence-corrected chi connectivity index (χ4v) is 3.90. The van der Waals surface area contributed by atoms with E-state index in [1.54, 1.807) is 61.5 Å². The van der Waals surface area contributed by atoms with Crippen molar-refractivity contribution in [3.8, 4) is 0 Å². The number of carbonyl (C=O) groups excluding carboxylic acids is 1. The molecule has 1 unspecified atom stereocenters. The maximum absolute atomic E-state index is 13.3. The fraction of sp³-hybridized carbons (Fsp3) is 0.125. The van der Waals surface area contributed by atoms with Crippen LogP contribution in [0.2, 0.25) is 10.0 Å². The summed E-state index contributed by atoms with van der Waals surface area (Å²) in [7, 11) is 0. The molecule has 0 aliphatic carbocycles. The number of urea groups is 1. The molecule has 0 spiro atoms. The maximum atomic E-state index is 13.3. The van der Waals surface area contributed by atoms with Crippen molar-refractivity contribution in [2.45, 2.75) is 19.1 Å². The van der Waals surface area contributed by atoms with Gasteiger partial charge in [-0.15, -0.1) is 0 Å². The molecule has 9 heteroatoms. The van der Waals surface area contributed by atoms with Gasteiger partial charge in [-0.1, -0.05) is 47.5 Å². The van der Waals surface area contributed by atoms with Gasteiger partial charge in [-0.05, 0) is 61.0 Å². The van der Waals surface area contributed by atoms with Gasteiger partial charge in [0.2, 0.25) is 0 Å². The van der Waals surface area contributed by atoms with Crippen LogP contribution in [-0.4, -0.2) is 17.1 Å². The number of rotatable bonds is 3. The third-order valence-corrected chi connectivity index (χ3v) is 5.76. The van der Waals surface area contributed by atoms with Crippen molar-refractivity contribution < 1.29 is 18.0 Å². The van der Waals surface area contributed by atoms with Crippen molar-refractivity contribution in [1.82, 2.24) is 10.4 Å². The monoisotopic (exact) mass is 491 g/mol. The highest BCUT2D eigenvalue weighted by atomic mass is 35.5. The predicted molar refractivity (Wildman–Crippen MR) is 125 cm³/mol. The molecule has 1 heterocycles. The summed E-state index contributed by atoms with van der Waals surface area (Å²) in [5.41, 5.74) is 4.86. The Labute approximate surface area is 198 Å². The molecular formula is C24H18Cl2F3N3O. The zero-order valence-corrected chi connectivity index (χ0v) is 18.8. The fourth-order valence-electron chi connectivity index (χ4n) is 3.65. The highest BCUT2D eigenvalue weighted by Crippen LogP contribution is 2.38. The van der Waals surface area contributed by atoms with Crippen LogP contribution in [0.5, 0.6) is 0 Å². The second-order valence-electron chi connectivity index (χ2n) is 7.47. The van der Waals surface area contributed by atoms with Crippen LogP contribution in [0.3, 0.4) is 0 Å². The van der Waals surface area contributed by atoms with Gasteiger partial charge >= 0.3 is 12.2 Å². The highest BCUT2D eigenvalue weighted by Gasteiger charge is 2.36. The Kier molecular flexibility index (Phi) is 6.28. The predicted octanol–water partition coefficient (Wildman–Crippen LogP) is 7.32. The second kappa shape index (κ2) is 9.00. The van der Waals surface area contributed by atoms with Crippen LogP contribution >= 0.6 is 23.2 Å². The van der Waals surface area contributed by atoms with E-state index < -0.39 is 23.8 Å². The van der Waals surface area contributed by atoms with Crippen LogP contribution in [-0.2, 0) is 6.18 Å². The first-order valence-electron chi connectivity index (χ1n) is 9.93. The molecule has 0 bridgehead atoms. The molecule has 0 radical (unpaired) electrons. The van der Waals surface area contributed by atoms with Crippen molar-refractivity contribution in [3.05, 3.63) is 99.5 Å². The number of nitrogens with one attached hydrogen (secondary N) is 2. The molecule has 170 valence electrons. The van der Waals surface area contributed by atoms with E-state index in [0.29, 0.717) is 32.6 Å². The van der Waals surface area contributed by atoms with Gasteiger partial charge in [-0.3, -0.25) is 5.43 Å². The zero-order chi connectivity index (χ0) is 23.8. The van der Waals surface area contributed by atoms with E-state index in [2.05, 4.69) is 10.7 Å². The van der Waals surface area contributed by atoms with Gasteiger partial charge in [0.05, 0.1) is 17.3 Å². The third kappa shape index (κ3) is 4.94. The number of halogens is 5. The van der Waals surface area contributed by atoms with E-state index in [-0.39, 0.29) is 0 Å². The van der Waals surface area contributed by atoms with Gasteiger partial charge in [0.15, 0.2) is 0 Å². The lowest BCUT2D eigenvalue weighted by Crippen LogP contribution is -2.45. The average molecular weight is 492 g/mol. The molecule has 3 aromatic rings. The highest BCUT2D eigenvalue weighted by molar-refractivity contribution is 6.31. The number of anilines is 1. The Morgan fingerprint density at radius 1 is 0.939 bits per heavy atom. The minimum atomic E-state index is -4.49. The Hall–Kier alpha value is -3.16. The first-order valence-corrected chi connectivity index (χ1v) is 10.7. The molecule has 0 fully saturated rings. The van der Waals surface area contributed by atoms with E-state index in [4.69, 9.17) is 23.2 Å². The Bertz CT molecular complexity index is 1210. The van der Waals surface area contributed by atoms with E-state index in [1.165, 1.54) is 11.1 Å². The minimum Gasteiger partial charge on any atom is -0.306 e. The number of benzene rings is 3. The molecule has 4 rings (SSSR count). The van der Waals surface area contributed by atoms with Crippen LogP contribution in [0.25, 0.3) is 11.3 Å². The largest absolute Gasteiger partial charge is 0.416 e.